The largest absolute Gasteiger partial charge is 0.489 e. The molecule has 1 aromatic carbocycles. The van der Waals surface area contributed by atoms with Gasteiger partial charge in [0.2, 0.25) is 11.7 Å². The van der Waals surface area contributed by atoms with Crippen LogP contribution in [-0.4, -0.2) is 20.9 Å². The predicted octanol–water partition coefficient (Wildman–Crippen LogP) is 4.18. The Hall–Kier alpha value is -3.02. The lowest BCUT2D eigenvalue weighted by molar-refractivity contribution is -0.121. The molecule has 0 aliphatic heterocycles. The van der Waals surface area contributed by atoms with Crippen molar-refractivity contribution in [3.8, 4) is 17.1 Å². The predicted molar refractivity (Wildman–Crippen MR) is 99.1 cm³/mol. The minimum Gasteiger partial charge on any atom is -0.489 e. The van der Waals surface area contributed by atoms with Gasteiger partial charge in [0.05, 0.1) is 0 Å². The second-order valence-electron chi connectivity index (χ2n) is 7.00. The molecule has 0 amide bonds. The Kier molecular flexibility index (Phi) is 4.96. The maximum atomic E-state index is 11.6. The average molecular weight is 363 g/mol. The Balaban J connectivity index is 1.42. The first kappa shape index (κ1) is 17.4. The zero-order chi connectivity index (χ0) is 18.6. The Bertz CT molecular complexity index is 906. The number of carbonyl (C=O) groups is 1. The molecule has 0 unspecified atom stereocenters. The molecule has 27 heavy (non-hydrogen) atoms. The molecule has 1 aliphatic rings. The van der Waals surface area contributed by atoms with Crippen molar-refractivity contribution < 1.29 is 14.1 Å². The minimum absolute atomic E-state index is 0.158. The summed E-state index contributed by atoms with van der Waals surface area (Å²) < 4.78 is 11.3. The molecule has 0 spiro atoms. The molecule has 2 atom stereocenters. The summed E-state index contributed by atoms with van der Waals surface area (Å²) in [6, 6.07) is 11.5. The van der Waals surface area contributed by atoms with E-state index in [2.05, 4.69) is 22.0 Å². The van der Waals surface area contributed by atoms with Crippen molar-refractivity contribution in [1.82, 2.24) is 15.1 Å². The number of pyridine rings is 1. The monoisotopic (exact) mass is 363 g/mol. The van der Waals surface area contributed by atoms with E-state index in [9.17, 15) is 4.79 Å². The van der Waals surface area contributed by atoms with Gasteiger partial charge in [-0.3, -0.25) is 9.78 Å². The molecule has 138 valence electrons. The van der Waals surface area contributed by atoms with Gasteiger partial charge in [-0.15, -0.1) is 0 Å². The molecule has 0 bridgehead atoms. The third-order valence-electron chi connectivity index (χ3n) is 4.97. The van der Waals surface area contributed by atoms with Crippen LogP contribution in [0.3, 0.4) is 0 Å². The SMILES string of the molecule is C[C@@H]1CC(=O)CC[C@H]1c1nc(-c2ccc(OCc3cccnc3)cc2)no1. The van der Waals surface area contributed by atoms with E-state index >= 15 is 0 Å². The van der Waals surface area contributed by atoms with Crippen LogP contribution in [0.15, 0.2) is 53.3 Å². The fraction of sp³-hybridized carbons (Fsp3) is 0.333. The number of ketones is 1. The standard InChI is InChI=1S/C21H21N3O3/c1-14-11-17(25)6-9-19(14)21-23-20(24-27-21)16-4-7-18(8-5-16)26-13-15-3-2-10-22-12-15/h2-5,7-8,10,12,14,19H,6,9,11,13H2,1H3/t14-,19-/m1/s1. The molecule has 3 aromatic rings. The average Bonchev–Trinajstić information content (AvgIpc) is 3.17. The third-order valence-corrected chi connectivity index (χ3v) is 4.97. The molecule has 1 aliphatic carbocycles. The van der Waals surface area contributed by atoms with Crippen LogP contribution in [0.2, 0.25) is 0 Å². The van der Waals surface area contributed by atoms with E-state index < -0.39 is 0 Å². The molecule has 0 saturated heterocycles. The van der Waals surface area contributed by atoms with Gasteiger partial charge in [0.25, 0.3) is 0 Å². The number of rotatable bonds is 5. The summed E-state index contributed by atoms with van der Waals surface area (Å²) in [5.41, 5.74) is 1.89. The Morgan fingerprint density at radius 1 is 1.22 bits per heavy atom. The third kappa shape index (κ3) is 4.05. The summed E-state index contributed by atoms with van der Waals surface area (Å²) >= 11 is 0. The van der Waals surface area contributed by atoms with E-state index in [0.717, 1.165) is 23.3 Å². The Morgan fingerprint density at radius 3 is 2.81 bits per heavy atom. The molecule has 0 N–H and O–H groups in total. The van der Waals surface area contributed by atoms with Crippen molar-refractivity contribution in [2.45, 2.75) is 38.7 Å². The maximum Gasteiger partial charge on any atom is 0.230 e. The zero-order valence-corrected chi connectivity index (χ0v) is 15.2. The molecule has 2 aromatic heterocycles. The highest BCUT2D eigenvalue weighted by molar-refractivity contribution is 5.79. The van der Waals surface area contributed by atoms with Crippen LogP contribution >= 0.6 is 0 Å². The number of hydrogen-bond acceptors (Lipinski definition) is 6. The van der Waals surface area contributed by atoms with E-state index in [1.807, 2.05) is 36.4 Å². The van der Waals surface area contributed by atoms with E-state index in [1.165, 1.54) is 0 Å². The lowest BCUT2D eigenvalue weighted by Crippen LogP contribution is -2.21. The van der Waals surface area contributed by atoms with Gasteiger partial charge < -0.3 is 9.26 Å². The Labute approximate surface area is 157 Å². The molecular weight excluding hydrogens is 342 g/mol. The van der Waals surface area contributed by atoms with Crippen LogP contribution in [-0.2, 0) is 11.4 Å². The summed E-state index contributed by atoms with van der Waals surface area (Å²) in [4.78, 5) is 20.2. The van der Waals surface area contributed by atoms with Gasteiger partial charge in [-0.05, 0) is 42.7 Å². The number of hydrogen-bond donors (Lipinski definition) is 0. The summed E-state index contributed by atoms with van der Waals surface area (Å²) in [6.45, 7) is 2.54. The van der Waals surface area contributed by atoms with Crippen LogP contribution in [0.1, 0.15) is 43.6 Å². The quantitative estimate of drug-likeness (QED) is 0.676. The summed E-state index contributed by atoms with van der Waals surface area (Å²) in [6.07, 6.45) is 5.49. The van der Waals surface area contributed by atoms with Gasteiger partial charge in [0, 0.05) is 42.3 Å². The van der Waals surface area contributed by atoms with Gasteiger partial charge in [0.1, 0.15) is 18.1 Å². The first-order valence-electron chi connectivity index (χ1n) is 9.16. The van der Waals surface area contributed by atoms with Gasteiger partial charge in [-0.2, -0.15) is 4.98 Å². The van der Waals surface area contributed by atoms with Crippen molar-refractivity contribution in [2.24, 2.45) is 5.92 Å². The molecule has 1 saturated carbocycles. The second-order valence-corrected chi connectivity index (χ2v) is 7.00. The second kappa shape index (κ2) is 7.70. The fourth-order valence-electron chi connectivity index (χ4n) is 3.42. The highest BCUT2D eigenvalue weighted by Crippen LogP contribution is 2.36. The topological polar surface area (TPSA) is 78.1 Å². The molecule has 6 nitrogen and oxygen atoms in total. The number of nitrogens with zero attached hydrogens (tertiary/aromatic N) is 3. The number of aromatic nitrogens is 3. The summed E-state index contributed by atoms with van der Waals surface area (Å²) in [5.74, 6) is 2.68. The van der Waals surface area contributed by atoms with Crippen LogP contribution in [0.4, 0.5) is 0 Å². The highest BCUT2D eigenvalue weighted by Gasteiger charge is 2.31. The van der Waals surface area contributed by atoms with Gasteiger partial charge in [0.15, 0.2) is 0 Å². The zero-order valence-electron chi connectivity index (χ0n) is 15.2. The molecular formula is C21H21N3O3. The van der Waals surface area contributed by atoms with Gasteiger partial charge >= 0.3 is 0 Å². The lowest BCUT2D eigenvalue weighted by atomic mass is 9.80. The van der Waals surface area contributed by atoms with Crippen molar-refractivity contribution in [1.29, 1.82) is 0 Å². The van der Waals surface area contributed by atoms with Gasteiger partial charge in [-0.1, -0.05) is 18.1 Å². The first-order valence-corrected chi connectivity index (χ1v) is 9.16. The van der Waals surface area contributed by atoms with E-state index in [0.29, 0.717) is 36.9 Å². The molecule has 6 heteroatoms. The number of benzene rings is 1. The summed E-state index contributed by atoms with van der Waals surface area (Å²) in [5, 5.41) is 4.12. The van der Waals surface area contributed by atoms with E-state index in [-0.39, 0.29) is 11.8 Å². The highest BCUT2D eigenvalue weighted by atomic mass is 16.5. The normalized spacial score (nSPS) is 19.8. The smallest absolute Gasteiger partial charge is 0.230 e. The summed E-state index contributed by atoms with van der Waals surface area (Å²) in [7, 11) is 0. The molecule has 0 radical (unpaired) electrons. The fourth-order valence-corrected chi connectivity index (χ4v) is 3.42. The lowest BCUT2D eigenvalue weighted by Gasteiger charge is -2.24. The van der Waals surface area contributed by atoms with Crippen molar-refractivity contribution >= 4 is 5.78 Å². The van der Waals surface area contributed by atoms with Crippen LogP contribution in [0, 0.1) is 5.92 Å². The maximum absolute atomic E-state index is 11.6. The minimum atomic E-state index is 0.158. The number of carbonyl (C=O) groups excluding carboxylic acids is 1. The van der Waals surface area contributed by atoms with Crippen molar-refractivity contribution in [3.63, 3.8) is 0 Å². The molecule has 2 heterocycles. The van der Waals surface area contributed by atoms with E-state index in [4.69, 9.17) is 9.26 Å². The number of Topliss-reactive ketones (excluding diaryl/α,β-unsaturated/α-hetero) is 1. The molecule has 4 rings (SSSR count). The first-order chi connectivity index (χ1) is 13.2. The van der Waals surface area contributed by atoms with Crippen LogP contribution in [0.5, 0.6) is 5.75 Å². The molecule has 1 fully saturated rings. The van der Waals surface area contributed by atoms with E-state index in [1.54, 1.807) is 12.4 Å². The van der Waals surface area contributed by atoms with Gasteiger partial charge in [-0.25, -0.2) is 0 Å². The van der Waals surface area contributed by atoms with Crippen molar-refractivity contribution in [3.05, 3.63) is 60.2 Å². The Morgan fingerprint density at radius 2 is 2.07 bits per heavy atom. The van der Waals surface area contributed by atoms with Crippen molar-refractivity contribution in [2.75, 3.05) is 0 Å². The van der Waals surface area contributed by atoms with Crippen LogP contribution < -0.4 is 4.74 Å². The number of ether oxygens (including phenoxy) is 1. The van der Waals surface area contributed by atoms with Crippen LogP contribution in [0.25, 0.3) is 11.4 Å².